The molecule has 1 aliphatic rings. The molecule has 0 radical (unpaired) electrons. The SMILES string of the molecule is CCCCCOC1=CC(=O)NC1=O. The van der Waals surface area contributed by atoms with Crippen LogP contribution in [-0.4, -0.2) is 18.4 Å². The van der Waals surface area contributed by atoms with Gasteiger partial charge in [0.1, 0.15) is 0 Å². The molecule has 4 heteroatoms. The van der Waals surface area contributed by atoms with Crippen molar-refractivity contribution < 1.29 is 14.3 Å². The first-order chi connectivity index (χ1) is 6.24. The van der Waals surface area contributed by atoms with Gasteiger partial charge in [-0.15, -0.1) is 0 Å². The summed E-state index contributed by atoms with van der Waals surface area (Å²) in [6.45, 7) is 2.59. The van der Waals surface area contributed by atoms with Gasteiger partial charge in [-0.05, 0) is 6.42 Å². The molecule has 0 saturated carbocycles. The van der Waals surface area contributed by atoms with Gasteiger partial charge in [-0.2, -0.15) is 0 Å². The molecular formula is C9H13NO3. The zero-order valence-electron chi connectivity index (χ0n) is 7.63. The first-order valence-corrected chi connectivity index (χ1v) is 4.44. The first kappa shape index (κ1) is 9.77. The molecule has 0 unspecified atom stereocenters. The second-order valence-corrected chi connectivity index (χ2v) is 2.88. The highest BCUT2D eigenvalue weighted by Gasteiger charge is 2.21. The average Bonchev–Trinajstić information content (AvgIpc) is 2.39. The Morgan fingerprint density at radius 1 is 1.38 bits per heavy atom. The van der Waals surface area contributed by atoms with Crippen molar-refractivity contribution in [2.75, 3.05) is 6.61 Å². The van der Waals surface area contributed by atoms with Crippen LogP contribution in [0.2, 0.25) is 0 Å². The van der Waals surface area contributed by atoms with Gasteiger partial charge in [0, 0.05) is 0 Å². The van der Waals surface area contributed by atoms with Crippen molar-refractivity contribution in [1.82, 2.24) is 5.32 Å². The van der Waals surface area contributed by atoms with Crippen LogP contribution in [-0.2, 0) is 14.3 Å². The fraction of sp³-hybridized carbons (Fsp3) is 0.556. The van der Waals surface area contributed by atoms with Crippen LogP contribution in [0.15, 0.2) is 11.8 Å². The highest BCUT2D eigenvalue weighted by atomic mass is 16.5. The normalized spacial score (nSPS) is 15.6. The molecule has 13 heavy (non-hydrogen) atoms. The summed E-state index contributed by atoms with van der Waals surface area (Å²) in [6, 6.07) is 0. The summed E-state index contributed by atoms with van der Waals surface area (Å²) in [5.74, 6) is -0.682. The number of rotatable bonds is 5. The second kappa shape index (κ2) is 4.64. The van der Waals surface area contributed by atoms with Crippen LogP contribution < -0.4 is 5.32 Å². The Hall–Kier alpha value is -1.32. The van der Waals surface area contributed by atoms with Crippen molar-refractivity contribution >= 4 is 11.8 Å². The van der Waals surface area contributed by atoms with E-state index in [4.69, 9.17) is 4.74 Å². The molecule has 0 spiro atoms. The molecule has 0 saturated heterocycles. The number of imide groups is 1. The van der Waals surface area contributed by atoms with Gasteiger partial charge in [0.15, 0.2) is 5.76 Å². The van der Waals surface area contributed by atoms with E-state index in [2.05, 4.69) is 12.2 Å². The third-order valence-electron chi connectivity index (χ3n) is 1.73. The highest BCUT2D eigenvalue weighted by Crippen LogP contribution is 2.05. The lowest BCUT2D eigenvalue weighted by Gasteiger charge is -2.03. The molecule has 0 aromatic rings. The quantitative estimate of drug-likeness (QED) is 0.505. The van der Waals surface area contributed by atoms with Gasteiger partial charge < -0.3 is 4.74 Å². The van der Waals surface area contributed by atoms with E-state index < -0.39 is 11.8 Å². The Balaban J connectivity index is 2.25. The zero-order chi connectivity index (χ0) is 9.68. The Morgan fingerprint density at radius 3 is 2.69 bits per heavy atom. The molecule has 0 aliphatic carbocycles. The lowest BCUT2D eigenvalue weighted by atomic mass is 10.3. The standard InChI is InChI=1S/C9H13NO3/c1-2-3-4-5-13-7-6-8(11)10-9(7)12/h6H,2-5H2,1H3,(H,10,11,12). The number of nitrogens with one attached hydrogen (secondary N) is 1. The molecule has 2 amide bonds. The van der Waals surface area contributed by atoms with E-state index in [1.165, 1.54) is 6.08 Å². The summed E-state index contributed by atoms with van der Waals surface area (Å²) in [4.78, 5) is 21.6. The van der Waals surface area contributed by atoms with Gasteiger partial charge in [0.25, 0.3) is 11.8 Å². The minimum absolute atomic E-state index is 0.140. The molecule has 1 aliphatic heterocycles. The van der Waals surface area contributed by atoms with E-state index in [1.54, 1.807) is 0 Å². The van der Waals surface area contributed by atoms with Crippen LogP contribution in [0.25, 0.3) is 0 Å². The van der Waals surface area contributed by atoms with E-state index >= 15 is 0 Å². The van der Waals surface area contributed by atoms with Gasteiger partial charge >= 0.3 is 0 Å². The molecular weight excluding hydrogens is 170 g/mol. The maximum Gasteiger partial charge on any atom is 0.293 e. The summed E-state index contributed by atoms with van der Waals surface area (Å²) in [5.41, 5.74) is 0. The van der Waals surface area contributed by atoms with Crippen LogP contribution in [0.4, 0.5) is 0 Å². The van der Waals surface area contributed by atoms with Crippen molar-refractivity contribution in [3.63, 3.8) is 0 Å². The van der Waals surface area contributed by atoms with E-state index in [9.17, 15) is 9.59 Å². The number of carbonyl (C=O) groups excluding carboxylic acids is 2. The predicted octanol–water partition coefficient (Wildman–Crippen LogP) is 0.733. The van der Waals surface area contributed by atoms with Crippen molar-refractivity contribution in [2.45, 2.75) is 26.2 Å². The maximum absolute atomic E-state index is 10.9. The molecule has 0 fully saturated rings. The zero-order valence-corrected chi connectivity index (χ0v) is 7.63. The van der Waals surface area contributed by atoms with Gasteiger partial charge in [0.2, 0.25) is 0 Å². The predicted molar refractivity (Wildman–Crippen MR) is 46.7 cm³/mol. The summed E-state index contributed by atoms with van der Waals surface area (Å²) < 4.78 is 5.12. The number of amides is 2. The minimum Gasteiger partial charge on any atom is -0.488 e. The molecule has 1 rings (SSSR count). The third-order valence-corrected chi connectivity index (χ3v) is 1.73. The second-order valence-electron chi connectivity index (χ2n) is 2.88. The maximum atomic E-state index is 10.9. The minimum atomic E-state index is -0.429. The topological polar surface area (TPSA) is 55.4 Å². The Morgan fingerprint density at radius 2 is 2.15 bits per heavy atom. The van der Waals surface area contributed by atoms with E-state index in [0.29, 0.717) is 6.61 Å². The van der Waals surface area contributed by atoms with Gasteiger partial charge in [0.05, 0.1) is 12.7 Å². The number of carbonyl (C=O) groups is 2. The molecule has 1 heterocycles. The Kier molecular flexibility index (Phi) is 3.49. The van der Waals surface area contributed by atoms with Crippen LogP contribution in [0.3, 0.4) is 0 Å². The number of hydrogen-bond acceptors (Lipinski definition) is 3. The molecule has 72 valence electrons. The number of unbranched alkanes of at least 4 members (excludes halogenated alkanes) is 2. The monoisotopic (exact) mass is 183 g/mol. The molecule has 4 nitrogen and oxygen atoms in total. The Bertz CT molecular complexity index is 245. The lowest BCUT2D eigenvalue weighted by molar-refractivity contribution is -0.125. The smallest absolute Gasteiger partial charge is 0.293 e. The summed E-state index contributed by atoms with van der Waals surface area (Å²) in [7, 11) is 0. The fourth-order valence-electron chi connectivity index (χ4n) is 1.04. The van der Waals surface area contributed by atoms with E-state index in [-0.39, 0.29) is 5.76 Å². The summed E-state index contributed by atoms with van der Waals surface area (Å²) >= 11 is 0. The van der Waals surface area contributed by atoms with Crippen molar-refractivity contribution in [3.05, 3.63) is 11.8 Å². The van der Waals surface area contributed by atoms with Crippen molar-refractivity contribution in [3.8, 4) is 0 Å². The Labute approximate surface area is 76.9 Å². The highest BCUT2D eigenvalue weighted by molar-refractivity contribution is 6.15. The van der Waals surface area contributed by atoms with Gasteiger partial charge in [-0.1, -0.05) is 19.8 Å². The van der Waals surface area contributed by atoms with Gasteiger partial charge in [-0.25, -0.2) is 0 Å². The van der Waals surface area contributed by atoms with E-state index in [1.807, 2.05) is 0 Å². The van der Waals surface area contributed by atoms with E-state index in [0.717, 1.165) is 19.3 Å². The van der Waals surface area contributed by atoms with Crippen molar-refractivity contribution in [2.24, 2.45) is 0 Å². The first-order valence-electron chi connectivity index (χ1n) is 4.44. The van der Waals surface area contributed by atoms with Crippen molar-refractivity contribution in [1.29, 1.82) is 0 Å². The van der Waals surface area contributed by atoms with Crippen LogP contribution >= 0.6 is 0 Å². The van der Waals surface area contributed by atoms with Crippen LogP contribution in [0.5, 0.6) is 0 Å². The van der Waals surface area contributed by atoms with Crippen LogP contribution in [0.1, 0.15) is 26.2 Å². The molecule has 1 N–H and O–H groups in total. The van der Waals surface area contributed by atoms with Crippen LogP contribution in [0, 0.1) is 0 Å². The fourth-order valence-corrected chi connectivity index (χ4v) is 1.04. The lowest BCUT2D eigenvalue weighted by Crippen LogP contribution is -2.22. The van der Waals surface area contributed by atoms with Gasteiger partial charge in [-0.3, -0.25) is 14.9 Å². The molecule has 0 bridgehead atoms. The number of hydrogen-bond donors (Lipinski definition) is 1. The molecule has 0 aromatic carbocycles. The molecule has 0 atom stereocenters. The summed E-state index contributed by atoms with van der Waals surface area (Å²) in [6.07, 6.45) is 4.28. The number of ether oxygens (including phenoxy) is 1. The third kappa shape index (κ3) is 2.89. The summed E-state index contributed by atoms with van der Waals surface area (Å²) in [5, 5.41) is 2.11. The largest absolute Gasteiger partial charge is 0.488 e. The average molecular weight is 183 g/mol. The molecule has 0 aromatic heterocycles.